The van der Waals surface area contributed by atoms with Crippen molar-refractivity contribution >= 4 is 47.2 Å². The molecule has 4 aromatic rings. The van der Waals surface area contributed by atoms with Crippen molar-refractivity contribution in [2.24, 2.45) is 0 Å². The monoisotopic (exact) mass is 868 g/mol. The Labute approximate surface area is 374 Å². The van der Waals surface area contributed by atoms with Crippen LogP contribution in [0.25, 0.3) is 0 Å². The van der Waals surface area contributed by atoms with Gasteiger partial charge in [0.05, 0.1) is 0 Å². The Kier molecular flexibility index (Phi) is 14.8. The number of ether oxygens (including phenoxy) is 2. The van der Waals surface area contributed by atoms with Crippen molar-refractivity contribution in [3.05, 3.63) is 131 Å². The van der Waals surface area contributed by atoms with Gasteiger partial charge >= 0.3 is 12.2 Å². The van der Waals surface area contributed by atoms with Crippen LogP contribution in [0.3, 0.4) is 0 Å². The Morgan fingerprint density at radius 2 is 0.875 bits per heavy atom. The van der Waals surface area contributed by atoms with E-state index in [4.69, 9.17) is 9.47 Å². The van der Waals surface area contributed by atoms with E-state index < -0.39 is 59.4 Å². The zero-order valence-electron chi connectivity index (χ0n) is 37.1. The van der Waals surface area contributed by atoms with E-state index >= 15 is 0 Å². The summed E-state index contributed by atoms with van der Waals surface area (Å²) in [4.78, 5) is 83.5. The van der Waals surface area contributed by atoms with Gasteiger partial charge in [0.2, 0.25) is 11.8 Å². The standard InChI is InChI=1S/C50H56N6O8/c1-49(2,3)63-47(61)53-41(35-15-9-7-10-16-35)45(59)55-31-13-19-39(55)43(57)51-37-27-23-33(24-28-37)21-22-34-25-29-38(30-26-34)52-44(58)40-20-14-32-56(40)46(60)42(36-17-11-8-12-18-36)54-48(62)64-50(4,5)6/h7-12,15-18,23-30,39-42H,13-14,19-20,31-32H2,1-6H3,(H,51,57)(H,52,58)(H,53,61)(H,54,62)/t39-,40-,41-,42-/m0/s1. The lowest BCUT2D eigenvalue weighted by molar-refractivity contribution is -0.138. The molecule has 0 aromatic heterocycles. The molecule has 2 fully saturated rings. The summed E-state index contributed by atoms with van der Waals surface area (Å²) < 4.78 is 10.9. The predicted molar refractivity (Wildman–Crippen MR) is 243 cm³/mol. The largest absolute Gasteiger partial charge is 0.444 e. The van der Waals surface area contributed by atoms with Crippen molar-refractivity contribution in [2.75, 3.05) is 23.7 Å². The van der Waals surface area contributed by atoms with Crippen LogP contribution >= 0.6 is 0 Å². The fourth-order valence-corrected chi connectivity index (χ4v) is 7.52. The van der Waals surface area contributed by atoms with Gasteiger partial charge in [-0.1, -0.05) is 72.5 Å². The van der Waals surface area contributed by atoms with E-state index in [1.54, 1.807) is 139 Å². The van der Waals surface area contributed by atoms with Crippen LogP contribution in [0.2, 0.25) is 0 Å². The highest BCUT2D eigenvalue weighted by atomic mass is 16.6. The number of nitrogens with one attached hydrogen (secondary N) is 4. The summed E-state index contributed by atoms with van der Waals surface area (Å²) in [5.74, 6) is 4.78. The van der Waals surface area contributed by atoms with E-state index in [0.717, 1.165) is 0 Å². The lowest BCUT2D eigenvalue weighted by atomic mass is 10.0. The molecule has 4 aromatic carbocycles. The molecule has 334 valence electrons. The zero-order valence-corrected chi connectivity index (χ0v) is 37.1. The minimum absolute atomic E-state index is 0.334. The average molecular weight is 869 g/mol. The summed E-state index contributed by atoms with van der Waals surface area (Å²) in [7, 11) is 0. The second-order valence-corrected chi connectivity index (χ2v) is 17.7. The van der Waals surface area contributed by atoms with Crippen LogP contribution in [-0.4, -0.2) is 82.0 Å². The molecule has 2 heterocycles. The molecule has 0 spiro atoms. The Balaban J connectivity index is 1.04. The molecular weight excluding hydrogens is 813 g/mol. The van der Waals surface area contributed by atoms with Crippen LogP contribution in [0.15, 0.2) is 109 Å². The molecule has 2 saturated heterocycles. The van der Waals surface area contributed by atoms with Crippen molar-refractivity contribution < 1.29 is 38.2 Å². The van der Waals surface area contributed by atoms with Gasteiger partial charge in [0.25, 0.3) is 11.8 Å². The fourth-order valence-electron chi connectivity index (χ4n) is 7.52. The Bertz CT molecular complexity index is 2200. The number of alkyl carbamates (subject to hydrolysis) is 2. The van der Waals surface area contributed by atoms with E-state index in [0.29, 0.717) is 72.4 Å². The molecule has 0 aliphatic carbocycles. The lowest BCUT2D eigenvalue weighted by Gasteiger charge is -2.29. The first kappa shape index (κ1) is 46.4. The highest BCUT2D eigenvalue weighted by molar-refractivity contribution is 6.00. The van der Waals surface area contributed by atoms with Crippen molar-refractivity contribution in [3.8, 4) is 11.8 Å². The zero-order chi connectivity index (χ0) is 46.0. The van der Waals surface area contributed by atoms with Gasteiger partial charge in [0.15, 0.2) is 0 Å². The summed E-state index contributed by atoms with van der Waals surface area (Å²) in [5, 5.41) is 11.3. The third-order valence-corrected chi connectivity index (χ3v) is 10.4. The first-order chi connectivity index (χ1) is 30.4. The molecule has 14 nitrogen and oxygen atoms in total. The van der Waals surface area contributed by atoms with E-state index in [9.17, 15) is 28.8 Å². The summed E-state index contributed by atoms with van der Waals surface area (Å²) in [6.07, 6.45) is 0.749. The van der Waals surface area contributed by atoms with Gasteiger partial charge < -0.3 is 40.5 Å². The maximum atomic E-state index is 13.9. The third kappa shape index (κ3) is 12.7. The second-order valence-electron chi connectivity index (χ2n) is 17.7. The SMILES string of the molecule is CC(C)(C)OC(=O)N[C@H](C(=O)N1CCC[C@H]1C(=O)Nc1ccc(C#Cc2ccc(NC(=O)[C@@H]3CCCN3C(=O)[C@@H](NC(=O)OC(C)(C)C)c3ccccc3)cc2)cc1)c1ccccc1. The summed E-state index contributed by atoms with van der Waals surface area (Å²) in [6.45, 7) is 11.2. The smallest absolute Gasteiger partial charge is 0.408 e. The topological polar surface area (TPSA) is 175 Å². The molecule has 0 bridgehead atoms. The average Bonchev–Trinajstić information content (AvgIpc) is 3.96. The Morgan fingerprint density at radius 1 is 0.531 bits per heavy atom. The summed E-state index contributed by atoms with van der Waals surface area (Å²) in [5.41, 5.74) is 2.12. The number of hydrogen-bond donors (Lipinski definition) is 4. The number of benzene rings is 4. The molecule has 0 radical (unpaired) electrons. The van der Waals surface area contributed by atoms with E-state index in [1.807, 2.05) is 12.1 Å². The maximum absolute atomic E-state index is 13.9. The van der Waals surface area contributed by atoms with Crippen LogP contribution in [0.1, 0.15) is 102 Å². The molecule has 2 aliphatic rings. The van der Waals surface area contributed by atoms with Gasteiger partial charge in [-0.15, -0.1) is 0 Å². The second kappa shape index (κ2) is 20.4. The van der Waals surface area contributed by atoms with Crippen molar-refractivity contribution in [2.45, 2.75) is 103 Å². The highest BCUT2D eigenvalue weighted by Crippen LogP contribution is 2.27. The third-order valence-electron chi connectivity index (χ3n) is 10.4. The van der Waals surface area contributed by atoms with Crippen LogP contribution in [0.4, 0.5) is 21.0 Å². The van der Waals surface area contributed by atoms with Crippen molar-refractivity contribution in [3.63, 3.8) is 0 Å². The molecule has 4 atom stereocenters. The highest BCUT2D eigenvalue weighted by Gasteiger charge is 2.40. The number of rotatable bonds is 10. The van der Waals surface area contributed by atoms with Crippen LogP contribution in [0, 0.1) is 11.8 Å². The summed E-state index contributed by atoms with van der Waals surface area (Å²) >= 11 is 0. The van der Waals surface area contributed by atoms with Crippen molar-refractivity contribution in [1.82, 2.24) is 20.4 Å². The van der Waals surface area contributed by atoms with Crippen LogP contribution in [-0.2, 0) is 28.7 Å². The molecule has 6 rings (SSSR count). The van der Waals surface area contributed by atoms with Gasteiger partial charge in [-0.25, -0.2) is 9.59 Å². The Morgan fingerprint density at radius 3 is 1.20 bits per heavy atom. The number of anilines is 2. The minimum Gasteiger partial charge on any atom is -0.444 e. The molecule has 64 heavy (non-hydrogen) atoms. The lowest BCUT2D eigenvalue weighted by Crippen LogP contribution is -2.49. The number of carbonyl (C=O) groups is 6. The van der Waals surface area contributed by atoms with Gasteiger partial charge in [-0.2, -0.15) is 0 Å². The molecular formula is C50H56N6O8. The molecule has 2 aliphatic heterocycles. The normalized spacial score (nSPS) is 16.9. The Hall–Kier alpha value is -7.14. The maximum Gasteiger partial charge on any atom is 0.408 e. The number of hydrogen-bond acceptors (Lipinski definition) is 8. The van der Waals surface area contributed by atoms with Crippen molar-refractivity contribution in [1.29, 1.82) is 0 Å². The number of likely N-dealkylation sites (tertiary alicyclic amines) is 2. The first-order valence-electron chi connectivity index (χ1n) is 21.5. The number of carbonyl (C=O) groups excluding carboxylic acids is 6. The molecule has 4 N–H and O–H groups in total. The van der Waals surface area contributed by atoms with Gasteiger partial charge in [0.1, 0.15) is 35.4 Å². The first-order valence-corrected chi connectivity index (χ1v) is 21.5. The van der Waals surface area contributed by atoms with E-state index in [-0.39, 0.29) is 11.8 Å². The van der Waals surface area contributed by atoms with Gasteiger partial charge in [-0.05, 0) is 127 Å². The number of amides is 6. The quantitative estimate of drug-likeness (QED) is 0.119. The number of nitrogens with zero attached hydrogens (tertiary/aromatic N) is 2. The molecule has 0 unspecified atom stereocenters. The van der Waals surface area contributed by atoms with Gasteiger partial charge in [-0.3, -0.25) is 19.2 Å². The molecule has 14 heteroatoms. The van der Waals surface area contributed by atoms with Crippen LogP contribution < -0.4 is 21.3 Å². The fraction of sp³-hybridized carbons (Fsp3) is 0.360. The minimum atomic E-state index is -1.03. The van der Waals surface area contributed by atoms with Crippen LogP contribution in [0.5, 0.6) is 0 Å². The molecule has 0 saturated carbocycles. The summed E-state index contributed by atoms with van der Waals surface area (Å²) in [6, 6.07) is 28.3. The molecule has 6 amide bonds. The van der Waals surface area contributed by atoms with E-state index in [1.165, 1.54) is 9.80 Å². The predicted octanol–water partition coefficient (Wildman–Crippen LogP) is 7.48. The van der Waals surface area contributed by atoms with Gasteiger partial charge in [0, 0.05) is 35.6 Å². The van der Waals surface area contributed by atoms with E-state index in [2.05, 4.69) is 33.1 Å².